The predicted octanol–water partition coefficient (Wildman–Crippen LogP) is 5.53. The average molecular weight is 330 g/mol. The van der Waals surface area contributed by atoms with Gasteiger partial charge in [-0.3, -0.25) is 0 Å². The molecule has 1 heterocycles. The fraction of sp³-hybridized carbons (Fsp3) is 0.304. The lowest BCUT2D eigenvalue weighted by Gasteiger charge is -2.28. The highest BCUT2D eigenvalue weighted by Gasteiger charge is 2.44. The number of rotatable bonds is 3. The van der Waals surface area contributed by atoms with E-state index in [-0.39, 0.29) is 5.41 Å². The smallest absolute Gasteiger partial charge is 0.0606 e. The summed E-state index contributed by atoms with van der Waals surface area (Å²) in [7, 11) is 2.00. The highest BCUT2D eigenvalue weighted by molar-refractivity contribution is 5.82. The van der Waals surface area contributed by atoms with Gasteiger partial charge >= 0.3 is 0 Å². The molecule has 0 amide bonds. The van der Waals surface area contributed by atoms with E-state index in [1.807, 2.05) is 7.05 Å². The Bertz CT molecular complexity index is 843. The molecule has 0 spiro atoms. The first kappa shape index (κ1) is 16.0. The molecule has 1 saturated heterocycles. The molecule has 0 bridgehead atoms. The Kier molecular flexibility index (Phi) is 3.91. The van der Waals surface area contributed by atoms with Crippen molar-refractivity contribution in [3.63, 3.8) is 0 Å². The number of fused-ring (bicyclic) bond motifs is 1. The minimum absolute atomic E-state index is 0.0803. The molecule has 128 valence electrons. The molecule has 2 aromatic carbocycles. The molecule has 0 saturated carbocycles. The van der Waals surface area contributed by atoms with Crippen molar-refractivity contribution < 1.29 is 0 Å². The van der Waals surface area contributed by atoms with Gasteiger partial charge in [0.2, 0.25) is 0 Å². The Hall–Kier alpha value is -2.48. The van der Waals surface area contributed by atoms with Crippen LogP contribution in [-0.4, -0.2) is 7.05 Å². The SMILES string of the molecule is CNc1ccccc1C1=C2NC(c3ccccc3)C(C)(C)C2=CCC1. The summed E-state index contributed by atoms with van der Waals surface area (Å²) in [6, 6.07) is 19.8. The fourth-order valence-electron chi connectivity index (χ4n) is 4.36. The quantitative estimate of drug-likeness (QED) is 0.773. The van der Waals surface area contributed by atoms with Gasteiger partial charge in [0.05, 0.1) is 6.04 Å². The number of allylic oxidation sites excluding steroid dienone is 3. The van der Waals surface area contributed by atoms with Crippen LogP contribution in [-0.2, 0) is 0 Å². The third kappa shape index (κ3) is 2.57. The topological polar surface area (TPSA) is 24.1 Å². The third-order valence-electron chi connectivity index (χ3n) is 5.67. The van der Waals surface area contributed by atoms with E-state index in [9.17, 15) is 0 Å². The Labute approximate surface area is 150 Å². The number of nitrogens with one attached hydrogen (secondary N) is 2. The summed E-state index contributed by atoms with van der Waals surface area (Å²) in [6.07, 6.45) is 4.64. The van der Waals surface area contributed by atoms with E-state index in [1.165, 1.54) is 33.7 Å². The largest absolute Gasteiger partial charge is 0.388 e. The first-order valence-corrected chi connectivity index (χ1v) is 9.15. The molecule has 1 fully saturated rings. The van der Waals surface area contributed by atoms with E-state index in [1.54, 1.807) is 0 Å². The average Bonchev–Trinajstić information content (AvgIpc) is 2.93. The van der Waals surface area contributed by atoms with Gasteiger partial charge in [-0.05, 0) is 35.6 Å². The molecule has 2 aliphatic rings. The predicted molar refractivity (Wildman–Crippen MR) is 106 cm³/mol. The van der Waals surface area contributed by atoms with Crippen LogP contribution in [0.15, 0.2) is 71.9 Å². The van der Waals surface area contributed by atoms with Gasteiger partial charge in [-0.2, -0.15) is 0 Å². The van der Waals surface area contributed by atoms with E-state index in [4.69, 9.17) is 0 Å². The fourth-order valence-corrected chi connectivity index (χ4v) is 4.36. The molecule has 0 radical (unpaired) electrons. The van der Waals surface area contributed by atoms with Crippen molar-refractivity contribution in [1.29, 1.82) is 0 Å². The molecule has 1 unspecified atom stereocenters. The monoisotopic (exact) mass is 330 g/mol. The lowest BCUT2D eigenvalue weighted by molar-refractivity contribution is 0.371. The van der Waals surface area contributed by atoms with Gasteiger partial charge in [0.15, 0.2) is 0 Å². The zero-order valence-electron chi connectivity index (χ0n) is 15.3. The summed E-state index contributed by atoms with van der Waals surface area (Å²) in [4.78, 5) is 0. The number of hydrogen-bond donors (Lipinski definition) is 2. The van der Waals surface area contributed by atoms with Crippen LogP contribution in [0.3, 0.4) is 0 Å². The van der Waals surface area contributed by atoms with Crippen LogP contribution in [0.1, 0.15) is 43.9 Å². The zero-order valence-corrected chi connectivity index (χ0v) is 15.3. The minimum atomic E-state index is 0.0803. The molecule has 1 atom stereocenters. The summed E-state index contributed by atoms with van der Waals surface area (Å²) in [5.41, 5.74) is 8.21. The molecule has 25 heavy (non-hydrogen) atoms. The van der Waals surface area contributed by atoms with Crippen LogP contribution in [0.2, 0.25) is 0 Å². The van der Waals surface area contributed by atoms with Crippen molar-refractivity contribution in [2.45, 2.75) is 32.7 Å². The van der Waals surface area contributed by atoms with Crippen molar-refractivity contribution in [3.8, 4) is 0 Å². The molecule has 0 aromatic heterocycles. The molecule has 2 N–H and O–H groups in total. The van der Waals surface area contributed by atoms with Crippen LogP contribution in [0.5, 0.6) is 0 Å². The van der Waals surface area contributed by atoms with Crippen LogP contribution in [0.25, 0.3) is 5.57 Å². The summed E-state index contributed by atoms with van der Waals surface area (Å²) >= 11 is 0. The maximum atomic E-state index is 3.88. The molecule has 4 rings (SSSR count). The summed E-state index contributed by atoms with van der Waals surface area (Å²) < 4.78 is 0. The van der Waals surface area contributed by atoms with Gasteiger partial charge in [0.1, 0.15) is 0 Å². The van der Waals surface area contributed by atoms with E-state index in [2.05, 4.69) is 85.2 Å². The molecular formula is C23H26N2. The van der Waals surface area contributed by atoms with E-state index < -0.39 is 0 Å². The Morgan fingerprint density at radius 3 is 2.48 bits per heavy atom. The van der Waals surface area contributed by atoms with Gasteiger partial charge in [-0.25, -0.2) is 0 Å². The first-order chi connectivity index (χ1) is 12.1. The summed E-state index contributed by atoms with van der Waals surface area (Å²) in [6.45, 7) is 4.73. The molecule has 2 heteroatoms. The molecular weight excluding hydrogens is 304 g/mol. The first-order valence-electron chi connectivity index (χ1n) is 9.15. The number of benzene rings is 2. The second-order valence-corrected chi connectivity index (χ2v) is 7.52. The lowest BCUT2D eigenvalue weighted by Crippen LogP contribution is -2.23. The molecule has 2 nitrogen and oxygen atoms in total. The summed E-state index contributed by atoms with van der Waals surface area (Å²) in [5.74, 6) is 0. The molecule has 1 aliphatic heterocycles. The van der Waals surface area contributed by atoms with Gasteiger partial charge in [0.25, 0.3) is 0 Å². The Morgan fingerprint density at radius 1 is 1.00 bits per heavy atom. The van der Waals surface area contributed by atoms with Crippen LogP contribution >= 0.6 is 0 Å². The van der Waals surface area contributed by atoms with E-state index in [0.717, 1.165) is 12.8 Å². The van der Waals surface area contributed by atoms with Gasteiger partial charge in [0, 0.05) is 29.4 Å². The Morgan fingerprint density at radius 2 is 1.72 bits per heavy atom. The zero-order chi connectivity index (χ0) is 17.4. The van der Waals surface area contributed by atoms with Gasteiger partial charge in [-0.15, -0.1) is 0 Å². The van der Waals surface area contributed by atoms with Crippen molar-refractivity contribution in [1.82, 2.24) is 5.32 Å². The van der Waals surface area contributed by atoms with Crippen LogP contribution < -0.4 is 10.6 Å². The van der Waals surface area contributed by atoms with Gasteiger partial charge < -0.3 is 10.6 Å². The van der Waals surface area contributed by atoms with Crippen LogP contribution in [0.4, 0.5) is 5.69 Å². The lowest BCUT2D eigenvalue weighted by atomic mass is 9.75. The molecule has 1 aliphatic carbocycles. The number of para-hydroxylation sites is 1. The van der Waals surface area contributed by atoms with Crippen molar-refractivity contribution in [2.75, 3.05) is 12.4 Å². The van der Waals surface area contributed by atoms with E-state index in [0.29, 0.717) is 6.04 Å². The standard InChI is InChI=1S/C23H26N2/c1-23(2)19-14-9-13-18(17-12-7-8-15-20(17)24-3)21(19)25-22(23)16-10-5-4-6-11-16/h4-8,10-12,14-15,22,24-25H,9,13H2,1-3H3. The highest BCUT2D eigenvalue weighted by atomic mass is 15.0. The van der Waals surface area contributed by atoms with Crippen molar-refractivity contribution in [3.05, 3.63) is 83.1 Å². The second-order valence-electron chi connectivity index (χ2n) is 7.52. The van der Waals surface area contributed by atoms with E-state index >= 15 is 0 Å². The maximum Gasteiger partial charge on any atom is 0.0606 e. The Balaban J connectivity index is 1.85. The van der Waals surface area contributed by atoms with Crippen molar-refractivity contribution >= 4 is 11.3 Å². The molecule has 2 aromatic rings. The number of anilines is 1. The van der Waals surface area contributed by atoms with Crippen LogP contribution in [0, 0.1) is 5.41 Å². The third-order valence-corrected chi connectivity index (χ3v) is 5.67. The van der Waals surface area contributed by atoms with Gasteiger partial charge in [-0.1, -0.05) is 68.5 Å². The number of hydrogen-bond acceptors (Lipinski definition) is 2. The second kappa shape index (κ2) is 6.11. The maximum absolute atomic E-state index is 3.88. The normalized spacial score (nSPS) is 21.4. The summed E-state index contributed by atoms with van der Waals surface area (Å²) in [5, 5.41) is 7.24. The minimum Gasteiger partial charge on any atom is -0.388 e. The van der Waals surface area contributed by atoms with Crippen molar-refractivity contribution in [2.24, 2.45) is 5.41 Å². The highest BCUT2D eigenvalue weighted by Crippen LogP contribution is 2.53.